The van der Waals surface area contributed by atoms with Crippen LogP contribution in [0.3, 0.4) is 0 Å². The Bertz CT molecular complexity index is 1050. The second-order valence-electron chi connectivity index (χ2n) is 7.87. The molecule has 9 nitrogen and oxygen atoms in total. The first kappa shape index (κ1) is 23.6. The fraction of sp³-hybridized carbons (Fsp3) is 0.364. The van der Waals surface area contributed by atoms with Gasteiger partial charge in [0.25, 0.3) is 0 Å². The predicted molar refractivity (Wildman–Crippen MR) is 120 cm³/mol. The van der Waals surface area contributed by atoms with E-state index in [1.165, 1.54) is 15.3 Å². The number of nitrogens with zero attached hydrogens (tertiary/aromatic N) is 3. The monoisotopic (exact) mass is 462 g/mol. The lowest BCUT2D eigenvalue weighted by Gasteiger charge is -2.20. The van der Waals surface area contributed by atoms with Crippen LogP contribution < -0.4 is 10.1 Å². The molecular weight excluding hydrogens is 436 g/mol. The van der Waals surface area contributed by atoms with Crippen LogP contribution in [0.5, 0.6) is 17.4 Å². The highest BCUT2D eigenvalue weighted by Crippen LogP contribution is 2.34. The molecule has 0 fully saturated rings. The van der Waals surface area contributed by atoms with Crippen LogP contribution in [-0.2, 0) is 11.3 Å². The van der Waals surface area contributed by atoms with Crippen LogP contribution in [0.2, 0.25) is 5.02 Å². The lowest BCUT2D eigenvalue weighted by molar-refractivity contribution is -0.119. The minimum atomic E-state index is -0.944. The van der Waals surface area contributed by atoms with E-state index in [1.807, 2.05) is 13.8 Å². The van der Waals surface area contributed by atoms with Crippen LogP contribution in [0.1, 0.15) is 26.3 Å². The van der Waals surface area contributed by atoms with Crippen molar-refractivity contribution in [2.45, 2.75) is 39.0 Å². The number of amides is 1. The van der Waals surface area contributed by atoms with Crippen molar-refractivity contribution in [1.29, 1.82) is 0 Å². The molecule has 2 heterocycles. The van der Waals surface area contributed by atoms with Gasteiger partial charge in [-0.2, -0.15) is 5.10 Å². The highest BCUT2D eigenvalue weighted by molar-refractivity contribution is 6.32. The summed E-state index contributed by atoms with van der Waals surface area (Å²) in [5, 5.41) is 36.4. The molecule has 0 aliphatic carbocycles. The average molecular weight is 463 g/mol. The number of para-hydroxylation sites is 1. The van der Waals surface area contributed by atoms with Gasteiger partial charge >= 0.3 is 0 Å². The van der Waals surface area contributed by atoms with Crippen molar-refractivity contribution in [2.75, 3.05) is 11.9 Å². The average Bonchev–Trinajstić information content (AvgIpc) is 3.33. The molecule has 0 unspecified atom stereocenters. The molecule has 3 aromatic rings. The Hall–Kier alpha value is -3.01. The number of nitrogens with one attached hydrogen (secondary N) is 1. The fourth-order valence-corrected chi connectivity index (χ4v) is 3.38. The number of benzene rings is 1. The zero-order valence-corrected chi connectivity index (χ0v) is 18.6. The van der Waals surface area contributed by atoms with Crippen molar-refractivity contribution in [3.63, 3.8) is 0 Å². The number of aromatic nitrogens is 3. The zero-order valence-electron chi connectivity index (χ0n) is 17.8. The van der Waals surface area contributed by atoms with E-state index in [0.29, 0.717) is 28.8 Å². The second-order valence-corrected chi connectivity index (χ2v) is 8.27. The van der Waals surface area contributed by atoms with Gasteiger partial charge in [0.2, 0.25) is 5.91 Å². The van der Waals surface area contributed by atoms with Crippen LogP contribution in [0.25, 0.3) is 0 Å². The smallest absolute Gasteiger partial charge is 0.248 e. The molecule has 0 saturated carbocycles. The number of aliphatic hydroxyl groups is 2. The van der Waals surface area contributed by atoms with E-state index in [2.05, 4.69) is 10.4 Å². The summed E-state index contributed by atoms with van der Waals surface area (Å²) in [5.41, 5.74) is 0. The number of anilines is 1. The van der Waals surface area contributed by atoms with Crippen LogP contribution in [-0.4, -0.2) is 48.3 Å². The van der Waals surface area contributed by atoms with Gasteiger partial charge in [-0.25, -0.2) is 0 Å². The van der Waals surface area contributed by atoms with Crippen molar-refractivity contribution < 1.29 is 24.9 Å². The minimum Gasteiger partial charge on any atom is -0.494 e. The van der Waals surface area contributed by atoms with Gasteiger partial charge in [-0.1, -0.05) is 37.6 Å². The van der Waals surface area contributed by atoms with Crippen molar-refractivity contribution in [2.24, 2.45) is 5.92 Å². The van der Waals surface area contributed by atoms with E-state index in [9.17, 15) is 15.0 Å². The van der Waals surface area contributed by atoms with Gasteiger partial charge in [0.15, 0.2) is 11.7 Å². The first-order chi connectivity index (χ1) is 15.3. The Morgan fingerprint density at radius 3 is 2.72 bits per heavy atom. The highest BCUT2D eigenvalue weighted by Gasteiger charge is 2.25. The first-order valence-corrected chi connectivity index (χ1v) is 10.6. The van der Waals surface area contributed by atoms with Gasteiger partial charge in [0, 0.05) is 18.3 Å². The molecule has 1 aromatic carbocycles. The molecule has 2 aromatic heterocycles. The van der Waals surface area contributed by atoms with Crippen LogP contribution in [0, 0.1) is 5.92 Å². The van der Waals surface area contributed by atoms with Gasteiger partial charge in [0.1, 0.15) is 17.5 Å². The van der Waals surface area contributed by atoms with Crippen molar-refractivity contribution in [1.82, 2.24) is 14.3 Å². The molecule has 4 N–H and O–H groups in total. The molecule has 3 rings (SSSR count). The number of carbonyl (C=O) groups is 1. The molecule has 2 atom stereocenters. The molecule has 0 bridgehead atoms. The van der Waals surface area contributed by atoms with Crippen molar-refractivity contribution in [3.8, 4) is 17.4 Å². The molecule has 172 valence electrons. The summed E-state index contributed by atoms with van der Waals surface area (Å²) < 4.78 is 8.65. The second kappa shape index (κ2) is 10.5. The molecule has 0 spiro atoms. The molecule has 0 radical (unpaired) electrons. The summed E-state index contributed by atoms with van der Waals surface area (Å²) in [6, 6.07) is 9.27. The van der Waals surface area contributed by atoms with Crippen LogP contribution in [0.15, 0.2) is 48.8 Å². The molecular formula is C22H27ClN4O5. The largest absolute Gasteiger partial charge is 0.494 e. The third-order valence-corrected chi connectivity index (χ3v) is 5.01. The minimum absolute atomic E-state index is 0.100. The molecule has 0 aliphatic rings. The SMILES string of the molecule is CC(C)C[C@@H](C(=O)Nc1ccn(C[C@@H](O)CO)n1)n1cc(Oc2ccccc2Cl)cc1O. The Morgan fingerprint density at radius 2 is 2.03 bits per heavy atom. The third-order valence-electron chi connectivity index (χ3n) is 4.70. The normalized spacial score (nSPS) is 13.2. The first-order valence-electron chi connectivity index (χ1n) is 10.2. The predicted octanol–water partition coefficient (Wildman–Crippen LogP) is 3.42. The van der Waals surface area contributed by atoms with E-state index in [4.69, 9.17) is 21.4 Å². The van der Waals surface area contributed by atoms with Gasteiger partial charge < -0.3 is 29.9 Å². The summed E-state index contributed by atoms with van der Waals surface area (Å²) in [5.74, 6) is 0.767. The van der Waals surface area contributed by atoms with Gasteiger partial charge in [-0.3, -0.25) is 9.48 Å². The number of aliphatic hydroxyl groups excluding tert-OH is 2. The topological polar surface area (TPSA) is 122 Å². The van der Waals surface area contributed by atoms with Crippen LogP contribution in [0.4, 0.5) is 5.82 Å². The Kier molecular flexibility index (Phi) is 7.79. The molecule has 0 aliphatic heterocycles. The van der Waals surface area contributed by atoms with Crippen molar-refractivity contribution in [3.05, 3.63) is 53.8 Å². The fourth-order valence-electron chi connectivity index (χ4n) is 3.21. The Labute approximate surface area is 190 Å². The highest BCUT2D eigenvalue weighted by atomic mass is 35.5. The maximum Gasteiger partial charge on any atom is 0.248 e. The Morgan fingerprint density at radius 1 is 1.28 bits per heavy atom. The van der Waals surface area contributed by atoms with Gasteiger partial charge in [-0.05, 0) is 24.5 Å². The zero-order chi connectivity index (χ0) is 23.3. The number of hydrogen-bond donors (Lipinski definition) is 4. The number of ether oxygens (including phenoxy) is 1. The molecule has 1 amide bonds. The number of aromatic hydroxyl groups is 1. The van der Waals surface area contributed by atoms with E-state index in [-0.39, 0.29) is 30.9 Å². The summed E-state index contributed by atoms with van der Waals surface area (Å²) >= 11 is 6.14. The summed E-state index contributed by atoms with van der Waals surface area (Å²) in [6.07, 6.45) is 2.67. The van der Waals surface area contributed by atoms with E-state index >= 15 is 0 Å². The van der Waals surface area contributed by atoms with Crippen molar-refractivity contribution >= 4 is 23.3 Å². The lowest BCUT2D eigenvalue weighted by atomic mass is 10.0. The summed E-state index contributed by atoms with van der Waals surface area (Å²) in [7, 11) is 0. The van der Waals surface area contributed by atoms with Crippen LogP contribution >= 0.6 is 11.6 Å². The summed E-state index contributed by atoms with van der Waals surface area (Å²) in [4.78, 5) is 13.1. The molecule has 32 heavy (non-hydrogen) atoms. The number of carbonyl (C=O) groups excluding carboxylic acids is 1. The molecule has 0 saturated heterocycles. The number of rotatable bonds is 10. The Balaban J connectivity index is 1.78. The van der Waals surface area contributed by atoms with E-state index in [0.717, 1.165) is 0 Å². The maximum atomic E-state index is 13.1. The maximum absolute atomic E-state index is 13.1. The van der Waals surface area contributed by atoms with E-state index in [1.54, 1.807) is 42.7 Å². The summed E-state index contributed by atoms with van der Waals surface area (Å²) in [6.45, 7) is 3.67. The standard InChI is InChI=1S/C22H27ClN4O5/c1-14(2)9-18(22(31)24-20-7-8-26(25-20)11-15(29)13-28)27-12-16(10-21(27)30)32-19-6-4-3-5-17(19)23/h3-8,10,12,14-15,18,28-30H,9,11,13H2,1-2H3,(H,24,25,31)/t15-,18+/m1/s1. The number of halogens is 1. The molecule has 10 heteroatoms. The third kappa shape index (κ3) is 6.03. The van der Waals surface area contributed by atoms with Gasteiger partial charge in [-0.15, -0.1) is 0 Å². The quantitative estimate of drug-likeness (QED) is 0.366. The van der Waals surface area contributed by atoms with E-state index < -0.39 is 12.1 Å². The number of hydrogen-bond acceptors (Lipinski definition) is 6. The lowest BCUT2D eigenvalue weighted by Crippen LogP contribution is -2.27. The van der Waals surface area contributed by atoms with Gasteiger partial charge in [0.05, 0.1) is 30.5 Å².